The maximum atomic E-state index is 13.0. The van der Waals surface area contributed by atoms with Crippen molar-refractivity contribution in [2.24, 2.45) is 0 Å². The summed E-state index contributed by atoms with van der Waals surface area (Å²) in [4.78, 5) is 30.8. The first-order valence-electron chi connectivity index (χ1n) is 8.37. The highest BCUT2D eigenvalue weighted by Crippen LogP contribution is 2.24. The van der Waals surface area contributed by atoms with Crippen LogP contribution in [0, 0.1) is 6.92 Å². The van der Waals surface area contributed by atoms with Crippen molar-refractivity contribution in [2.75, 3.05) is 13.7 Å². The number of nitrogens with zero attached hydrogens (tertiary/aromatic N) is 3. The SMILES string of the molecule is COc1ccc2cc(C(=O)N3CCc4n[nH]c(=O)cc4C3)c(C)nc2c1. The Kier molecular flexibility index (Phi) is 3.91. The van der Waals surface area contributed by atoms with Gasteiger partial charge in [0.25, 0.3) is 11.5 Å². The van der Waals surface area contributed by atoms with Gasteiger partial charge in [0.2, 0.25) is 0 Å². The Bertz CT molecular complexity index is 1070. The monoisotopic (exact) mass is 350 g/mol. The van der Waals surface area contributed by atoms with Crippen LogP contribution in [0.1, 0.15) is 27.3 Å². The van der Waals surface area contributed by atoms with Gasteiger partial charge in [-0.3, -0.25) is 14.6 Å². The molecule has 1 aliphatic rings. The molecule has 1 N–H and O–H groups in total. The van der Waals surface area contributed by atoms with Crippen molar-refractivity contribution in [2.45, 2.75) is 19.9 Å². The minimum atomic E-state index is -0.254. The first kappa shape index (κ1) is 16.3. The van der Waals surface area contributed by atoms with Gasteiger partial charge in [0.15, 0.2) is 0 Å². The van der Waals surface area contributed by atoms with Crippen molar-refractivity contribution in [3.8, 4) is 5.75 Å². The van der Waals surface area contributed by atoms with Gasteiger partial charge < -0.3 is 9.64 Å². The zero-order chi connectivity index (χ0) is 18.3. The molecule has 132 valence electrons. The van der Waals surface area contributed by atoms with E-state index >= 15 is 0 Å². The maximum Gasteiger partial charge on any atom is 0.264 e. The Morgan fingerprint density at radius 3 is 2.92 bits per heavy atom. The Balaban J connectivity index is 1.68. The van der Waals surface area contributed by atoms with E-state index in [4.69, 9.17) is 4.74 Å². The van der Waals surface area contributed by atoms with Crippen LogP contribution >= 0.6 is 0 Å². The van der Waals surface area contributed by atoms with Crippen LogP contribution in [0.2, 0.25) is 0 Å². The van der Waals surface area contributed by atoms with Gasteiger partial charge in [0.05, 0.1) is 29.6 Å². The summed E-state index contributed by atoms with van der Waals surface area (Å²) in [7, 11) is 1.61. The number of carbonyl (C=O) groups is 1. The fourth-order valence-corrected chi connectivity index (χ4v) is 3.28. The van der Waals surface area contributed by atoms with Gasteiger partial charge in [-0.1, -0.05) is 0 Å². The number of methoxy groups -OCH3 is 1. The number of benzene rings is 1. The molecule has 1 aromatic carbocycles. The average molecular weight is 350 g/mol. The molecule has 0 saturated heterocycles. The third kappa shape index (κ3) is 2.81. The van der Waals surface area contributed by atoms with E-state index in [-0.39, 0.29) is 11.5 Å². The molecular formula is C19H18N4O3. The number of fused-ring (bicyclic) bond motifs is 2. The van der Waals surface area contributed by atoms with E-state index in [0.717, 1.165) is 27.9 Å². The lowest BCUT2D eigenvalue weighted by atomic mass is 10.0. The maximum absolute atomic E-state index is 13.0. The fraction of sp³-hybridized carbons (Fsp3) is 0.263. The van der Waals surface area contributed by atoms with E-state index in [9.17, 15) is 9.59 Å². The predicted molar refractivity (Wildman–Crippen MR) is 96.3 cm³/mol. The summed E-state index contributed by atoms with van der Waals surface area (Å²) in [6.07, 6.45) is 0.620. The molecule has 0 fully saturated rings. The number of hydrogen-bond acceptors (Lipinski definition) is 5. The minimum Gasteiger partial charge on any atom is -0.497 e. The number of ether oxygens (including phenoxy) is 1. The van der Waals surface area contributed by atoms with E-state index in [1.165, 1.54) is 6.07 Å². The summed E-state index contributed by atoms with van der Waals surface area (Å²) in [6.45, 7) is 2.77. The van der Waals surface area contributed by atoms with Crippen LogP contribution < -0.4 is 10.3 Å². The average Bonchev–Trinajstić information content (AvgIpc) is 2.65. The Labute approximate surface area is 149 Å². The van der Waals surface area contributed by atoms with E-state index in [1.807, 2.05) is 31.2 Å². The number of H-pyrrole nitrogens is 1. The van der Waals surface area contributed by atoms with Gasteiger partial charge in [0, 0.05) is 42.6 Å². The van der Waals surface area contributed by atoms with Crippen LogP contribution in [0.25, 0.3) is 10.9 Å². The van der Waals surface area contributed by atoms with Gasteiger partial charge >= 0.3 is 0 Å². The first-order valence-corrected chi connectivity index (χ1v) is 8.37. The zero-order valence-electron chi connectivity index (χ0n) is 14.6. The molecule has 4 rings (SSSR count). The molecular weight excluding hydrogens is 332 g/mol. The summed E-state index contributed by atoms with van der Waals surface area (Å²) >= 11 is 0. The Morgan fingerprint density at radius 1 is 1.27 bits per heavy atom. The van der Waals surface area contributed by atoms with Crippen LogP contribution in [0.15, 0.2) is 35.1 Å². The lowest BCUT2D eigenvalue weighted by molar-refractivity contribution is 0.0732. The van der Waals surface area contributed by atoms with Crippen LogP contribution in [0.3, 0.4) is 0 Å². The molecule has 3 heterocycles. The number of carbonyl (C=O) groups excluding carboxylic acids is 1. The van der Waals surface area contributed by atoms with Gasteiger partial charge in [-0.25, -0.2) is 5.10 Å². The highest BCUT2D eigenvalue weighted by Gasteiger charge is 2.24. The summed E-state index contributed by atoms with van der Waals surface area (Å²) in [5, 5.41) is 7.39. The van der Waals surface area contributed by atoms with Crippen LogP contribution in [0.4, 0.5) is 0 Å². The van der Waals surface area contributed by atoms with Crippen LogP contribution in [-0.4, -0.2) is 39.6 Å². The summed E-state index contributed by atoms with van der Waals surface area (Å²) in [5.74, 6) is 0.646. The standard InChI is InChI=1S/C19H18N4O3/c1-11-15(7-12-3-4-14(26-2)9-17(12)20-11)19(25)23-6-5-16-13(10-23)8-18(24)22-21-16/h3-4,7-9H,5-6,10H2,1-2H3,(H,22,24). The van der Waals surface area contributed by atoms with E-state index in [1.54, 1.807) is 12.0 Å². The van der Waals surface area contributed by atoms with Crippen molar-refractivity contribution < 1.29 is 9.53 Å². The summed E-state index contributed by atoms with van der Waals surface area (Å²) in [6, 6.07) is 8.98. The molecule has 0 spiro atoms. The molecule has 0 aliphatic carbocycles. The molecule has 0 bridgehead atoms. The molecule has 0 radical (unpaired) electrons. The van der Waals surface area contributed by atoms with Crippen molar-refractivity contribution >= 4 is 16.8 Å². The number of nitrogens with one attached hydrogen (secondary N) is 1. The molecule has 7 nitrogen and oxygen atoms in total. The second-order valence-corrected chi connectivity index (χ2v) is 6.36. The quantitative estimate of drug-likeness (QED) is 0.762. The molecule has 2 aromatic heterocycles. The molecule has 1 amide bonds. The number of amides is 1. The van der Waals surface area contributed by atoms with E-state index in [2.05, 4.69) is 15.2 Å². The fourth-order valence-electron chi connectivity index (χ4n) is 3.28. The summed E-state index contributed by atoms with van der Waals surface area (Å²) < 4.78 is 5.23. The second-order valence-electron chi connectivity index (χ2n) is 6.36. The molecule has 1 aliphatic heterocycles. The van der Waals surface area contributed by atoms with Gasteiger partial charge in [-0.05, 0) is 25.1 Å². The summed E-state index contributed by atoms with van der Waals surface area (Å²) in [5.41, 5.74) is 3.42. The molecule has 7 heteroatoms. The topological polar surface area (TPSA) is 88.2 Å². The normalized spacial score (nSPS) is 13.5. The predicted octanol–water partition coefficient (Wildman–Crippen LogP) is 1.83. The molecule has 0 atom stereocenters. The lowest BCUT2D eigenvalue weighted by Gasteiger charge is -2.28. The third-order valence-electron chi connectivity index (χ3n) is 4.69. The van der Waals surface area contributed by atoms with Crippen molar-refractivity contribution in [1.29, 1.82) is 0 Å². The number of aryl methyl sites for hydroxylation is 1. The number of pyridine rings is 1. The number of hydrogen-bond donors (Lipinski definition) is 1. The molecule has 0 saturated carbocycles. The minimum absolute atomic E-state index is 0.0846. The van der Waals surface area contributed by atoms with Crippen molar-refractivity contribution in [3.63, 3.8) is 0 Å². The van der Waals surface area contributed by atoms with Gasteiger partial charge in [-0.2, -0.15) is 5.10 Å². The largest absolute Gasteiger partial charge is 0.497 e. The second kappa shape index (κ2) is 6.25. The zero-order valence-corrected chi connectivity index (χ0v) is 14.6. The van der Waals surface area contributed by atoms with Crippen molar-refractivity contribution in [3.05, 3.63) is 63.2 Å². The van der Waals surface area contributed by atoms with Gasteiger partial charge in [-0.15, -0.1) is 0 Å². The molecule has 3 aromatic rings. The number of rotatable bonds is 2. The van der Waals surface area contributed by atoms with Crippen LogP contribution in [0.5, 0.6) is 5.75 Å². The van der Waals surface area contributed by atoms with E-state index in [0.29, 0.717) is 30.8 Å². The number of aromatic nitrogens is 3. The molecule has 0 unspecified atom stereocenters. The highest BCUT2D eigenvalue weighted by atomic mass is 16.5. The first-order chi connectivity index (χ1) is 12.5. The van der Waals surface area contributed by atoms with Gasteiger partial charge in [0.1, 0.15) is 5.75 Å². The number of aromatic amines is 1. The smallest absolute Gasteiger partial charge is 0.264 e. The highest BCUT2D eigenvalue weighted by molar-refractivity contribution is 5.98. The van der Waals surface area contributed by atoms with Crippen molar-refractivity contribution in [1.82, 2.24) is 20.1 Å². The Morgan fingerprint density at radius 2 is 2.12 bits per heavy atom. The lowest BCUT2D eigenvalue weighted by Crippen LogP contribution is -2.37. The van der Waals surface area contributed by atoms with Crippen LogP contribution in [-0.2, 0) is 13.0 Å². The third-order valence-corrected chi connectivity index (χ3v) is 4.69. The Hall–Kier alpha value is -3.22. The van der Waals surface area contributed by atoms with E-state index < -0.39 is 0 Å². The molecule has 26 heavy (non-hydrogen) atoms.